The molecule has 0 radical (unpaired) electrons. The molecule has 8 nitrogen and oxygen atoms in total. The van der Waals surface area contributed by atoms with Crippen LogP contribution in [-0.2, 0) is 9.53 Å². The Morgan fingerprint density at radius 1 is 0.750 bits per heavy atom. The molecule has 0 atom stereocenters. The molecule has 2 aromatic rings. The summed E-state index contributed by atoms with van der Waals surface area (Å²) in [7, 11) is 0. The Morgan fingerprint density at radius 3 is 1.97 bits per heavy atom. The summed E-state index contributed by atoms with van der Waals surface area (Å²) in [6.45, 7) is 3.64. The lowest BCUT2D eigenvalue weighted by molar-refractivity contribution is -0.141. The van der Waals surface area contributed by atoms with Gasteiger partial charge in [-0.2, -0.15) is 0 Å². The third-order valence-electron chi connectivity index (χ3n) is 5.88. The number of rotatable bonds is 4. The first-order valence-electron chi connectivity index (χ1n) is 11.0. The van der Waals surface area contributed by atoms with E-state index < -0.39 is 0 Å². The lowest BCUT2D eigenvalue weighted by Gasteiger charge is -2.35. The zero-order chi connectivity index (χ0) is 22.3. The number of hydrogen-bond acceptors (Lipinski definition) is 4. The first-order chi connectivity index (χ1) is 15.6. The molecule has 2 heterocycles. The van der Waals surface area contributed by atoms with Gasteiger partial charge in [-0.05, 0) is 49.2 Å². The molecule has 0 aromatic heterocycles. The number of ether oxygens (including phenoxy) is 1. The summed E-state index contributed by atoms with van der Waals surface area (Å²) in [5, 5.41) is 5.51. The molecule has 0 spiro atoms. The molecule has 2 N–H and O–H groups in total. The number of morpholine rings is 1. The average Bonchev–Trinajstić information content (AvgIpc) is 2.85. The van der Waals surface area contributed by atoms with Crippen molar-refractivity contribution in [3.8, 4) is 0 Å². The monoisotopic (exact) mass is 436 g/mol. The van der Waals surface area contributed by atoms with Gasteiger partial charge >= 0.3 is 6.03 Å². The van der Waals surface area contributed by atoms with E-state index in [1.165, 1.54) is 0 Å². The van der Waals surface area contributed by atoms with Crippen molar-refractivity contribution in [2.75, 3.05) is 50.0 Å². The zero-order valence-corrected chi connectivity index (χ0v) is 18.0. The summed E-state index contributed by atoms with van der Waals surface area (Å²) in [5.74, 6) is 0.110. The Morgan fingerprint density at radius 2 is 1.34 bits per heavy atom. The maximum absolute atomic E-state index is 12.9. The highest BCUT2D eigenvalue weighted by molar-refractivity contribution is 6.00. The summed E-state index contributed by atoms with van der Waals surface area (Å²) in [6, 6.07) is 15.7. The number of amides is 4. The minimum Gasteiger partial charge on any atom is -0.378 e. The van der Waals surface area contributed by atoms with Crippen molar-refractivity contribution in [2.45, 2.75) is 12.8 Å². The van der Waals surface area contributed by atoms with Crippen molar-refractivity contribution >= 4 is 29.2 Å². The molecule has 2 aliphatic rings. The number of para-hydroxylation sites is 1. The summed E-state index contributed by atoms with van der Waals surface area (Å²) < 4.78 is 5.32. The Hall–Kier alpha value is -3.39. The van der Waals surface area contributed by atoms with Crippen molar-refractivity contribution in [3.05, 3.63) is 60.2 Å². The maximum Gasteiger partial charge on any atom is 0.323 e. The molecule has 32 heavy (non-hydrogen) atoms. The number of likely N-dealkylation sites (tertiary alicyclic amines) is 1. The smallest absolute Gasteiger partial charge is 0.323 e. The van der Waals surface area contributed by atoms with Crippen LogP contribution in [-0.4, -0.2) is 67.0 Å². The Labute approximate surface area is 187 Å². The van der Waals surface area contributed by atoms with Gasteiger partial charge in [0.05, 0.1) is 13.2 Å². The van der Waals surface area contributed by atoms with E-state index in [4.69, 9.17) is 4.74 Å². The summed E-state index contributed by atoms with van der Waals surface area (Å²) in [4.78, 5) is 41.3. The standard InChI is InChI=1S/C24H28N4O4/c29-22(27-12-10-19(11-13-27)23(30)28-14-16-32-17-15-28)18-6-8-21(9-7-18)26-24(31)25-20-4-2-1-3-5-20/h1-9,19H,10-17H2,(H2,25,26,31). The molecule has 0 saturated carbocycles. The van der Waals surface area contributed by atoms with Gasteiger partial charge in [0.25, 0.3) is 5.91 Å². The summed E-state index contributed by atoms with van der Waals surface area (Å²) >= 11 is 0. The molecule has 0 unspecified atom stereocenters. The predicted molar refractivity (Wildman–Crippen MR) is 122 cm³/mol. The number of carbonyl (C=O) groups is 3. The van der Waals surface area contributed by atoms with Crippen molar-refractivity contribution in [3.63, 3.8) is 0 Å². The Bertz CT molecular complexity index is 934. The number of nitrogens with zero attached hydrogens (tertiary/aromatic N) is 2. The van der Waals surface area contributed by atoms with Crippen LogP contribution in [0.5, 0.6) is 0 Å². The van der Waals surface area contributed by atoms with Crippen LogP contribution in [0.1, 0.15) is 23.2 Å². The van der Waals surface area contributed by atoms with E-state index >= 15 is 0 Å². The first kappa shape index (κ1) is 21.8. The lowest BCUT2D eigenvalue weighted by Crippen LogP contribution is -2.47. The summed E-state index contributed by atoms with van der Waals surface area (Å²) in [6.07, 6.45) is 1.36. The third kappa shape index (κ3) is 5.45. The van der Waals surface area contributed by atoms with Gasteiger partial charge in [0.2, 0.25) is 5.91 Å². The van der Waals surface area contributed by atoms with Crippen LogP contribution < -0.4 is 10.6 Å². The topological polar surface area (TPSA) is 91.0 Å². The maximum atomic E-state index is 12.9. The van der Waals surface area contributed by atoms with Gasteiger partial charge in [-0.15, -0.1) is 0 Å². The molecular weight excluding hydrogens is 408 g/mol. The number of urea groups is 1. The van der Waals surface area contributed by atoms with E-state index in [1.807, 2.05) is 23.1 Å². The van der Waals surface area contributed by atoms with Crippen LogP contribution in [0.15, 0.2) is 54.6 Å². The predicted octanol–water partition coefficient (Wildman–Crippen LogP) is 3.04. The summed E-state index contributed by atoms with van der Waals surface area (Å²) in [5.41, 5.74) is 1.87. The number of piperidine rings is 1. The van der Waals surface area contributed by atoms with Crippen molar-refractivity contribution < 1.29 is 19.1 Å². The van der Waals surface area contributed by atoms with Crippen LogP contribution in [0.4, 0.5) is 16.2 Å². The molecule has 2 aromatic carbocycles. The van der Waals surface area contributed by atoms with Crippen molar-refractivity contribution in [1.29, 1.82) is 0 Å². The van der Waals surface area contributed by atoms with Crippen LogP contribution in [0, 0.1) is 5.92 Å². The van der Waals surface area contributed by atoms with Crippen LogP contribution >= 0.6 is 0 Å². The number of nitrogens with one attached hydrogen (secondary N) is 2. The highest BCUT2D eigenvalue weighted by atomic mass is 16.5. The number of carbonyl (C=O) groups excluding carboxylic acids is 3. The molecule has 2 fully saturated rings. The van der Waals surface area contributed by atoms with E-state index in [9.17, 15) is 14.4 Å². The number of hydrogen-bond donors (Lipinski definition) is 2. The second kappa shape index (κ2) is 10.3. The highest BCUT2D eigenvalue weighted by Gasteiger charge is 2.31. The average molecular weight is 437 g/mol. The Balaban J connectivity index is 1.26. The van der Waals surface area contributed by atoms with E-state index in [1.54, 1.807) is 41.3 Å². The minimum atomic E-state index is -0.345. The number of anilines is 2. The minimum absolute atomic E-state index is 0.0214. The molecule has 0 bridgehead atoms. The fraction of sp³-hybridized carbons (Fsp3) is 0.375. The van der Waals surface area contributed by atoms with Gasteiger partial charge in [-0.25, -0.2) is 4.79 Å². The molecule has 2 aliphatic heterocycles. The molecule has 2 saturated heterocycles. The van der Waals surface area contributed by atoms with Crippen LogP contribution in [0.25, 0.3) is 0 Å². The van der Waals surface area contributed by atoms with E-state index in [2.05, 4.69) is 10.6 Å². The molecule has 0 aliphatic carbocycles. The molecule has 4 rings (SSSR count). The van der Waals surface area contributed by atoms with Crippen molar-refractivity contribution in [2.24, 2.45) is 5.92 Å². The highest BCUT2D eigenvalue weighted by Crippen LogP contribution is 2.22. The molecule has 168 valence electrons. The largest absolute Gasteiger partial charge is 0.378 e. The molecule has 8 heteroatoms. The molecule has 4 amide bonds. The first-order valence-corrected chi connectivity index (χ1v) is 11.0. The fourth-order valence-corrected chi connectivity index (χ4v) is 4.07. The van der Waals surface area contributed by atoms with E-state index in [0.717, 1.165) is 0 Å². The zero-order valence-electron chi connectivity index (χ0n) is 18.0. The van der Waals surface area contributed by atoms with Gasteiger partial charge in [0, 0.05) is 49.0 Å². The second-order valence-corrected chi connectivity index (χ2v) is 8.03. The van der Waals surface area contributed by atoms with Gasteiger partial charge in [0.1, 0.15) is 0 Å². The quantitative estimate of drug-likeness (QED) is 0.771. The van der Waals surface area contributed by atoms with Gasteiger partial charge in [-0.1, -0.05) is 18.2 Å². The second-order valence-electron chi connectivity index (χ2n) is 8.03. The van der Waals surface area contributed by atoms with Crippen molar-refractivity contribution in [1.82, 2.24) is 9.80 Å². The normalized spacial score (nSPS) is 17.0. The van der Waals surface area contributed by atoms with Crippen LogP contribution in [0.3, 0.4) is 0 Å². The van der Waals surface area contributed by atoms with Gasteiger partial charge in [-0.3, -0.25) is 9.59 Å². The third-order valence-corrected chi connectivity index (χ3v) is 5.88. The van der Waals surface area contributed by atoms with Crippen LogP contribution in [0.2, 0.25) is 0 Å². The number of benzene rings is 2. The fourth-order valence-electron chi connectivity index (χ4n) is 4.07. The molecular formula is C24H28N4O4. The Kier molecular flexibility index (Phi) is 7.01. The van der Waals surface area contributed by atoms with E-state index in [0.29, 0.717) is 69.2 Å². The lowest BCUT2D eigenvalue weighted by atomic mass is 9.94. The van der Waals surface area contributed by atoms with Gasteiger partial charge < -0.3 is 25.2 Å². The SMILES string of the molecule is O=C(Nc1ccccc1)Nc1ccc(C(=O)N2CCC(C(=O)N3CCOCC3)CC2)cc1. The van der Waals surface area contributed by atoms with E-state index in [-0.39, 0.29) is 23.8 Å². The van der Waals surface area contributed by atoms with Gasteiger partial charge in [0.15, 0.2) is 0 Å².